The molecule has 2 saturated heterocycles. The van der Waals surface area contributed by atoms with E-state index in [9.17, 15) is 4.79 Å². The highest BCUT2D eigenvalue weighted by atomic mass is 16.5. The summed E-state index contributed by atoms with van der Waals surface area (Å²) in [5, 5.41) is 7.46. The van der Waals surface area contributed by atoms with Crippen LogP contribution in [-0.4, -0.2) is 71.6 Å². The largest absolute Gasteiger partial charge is 0.381 e. The van der Waals surface area contributed by atoms with Gasteiger partial charge in [-0.15, -0.1) is 0 Å². The van der Waals surface area contributed by atoms with Crippen LogP contribution in [0.4, 0.5) is 5.82 Å². The summed E-state index contributed by atoms with van der Waals surface area (Å²) in [6.45, 7) is 7.76. The van der Waals surface area contributed by atoms with E-state index in [4.69, 9.17) is 19.6 Å². The number of hydrogen-bond acceptors (Lipinski definition) is 6. The molecule has 0 saturated carbocycles. The molecule has 8 nitrogen and oxygen atoms in total. The standard InChI is InChI=1S/C26H31N5O3/c1-18(32)30-8-5-24-23(17-30)26(28-31(24)20-6-11-33-12-7-20)21-4-2-3-19-15-25(27-16-22(19)21)29-9-13-34-14-10-29/h2-4,15-16,20H,5-14,17H2,1H3. The molecular weight excluding hydrogens is 430 g/mol. The molecule has 0 N–H and O–H groups in total. The maximum Gasteiger partial charge on any atom is 0.219 e. The van der Waals surface area contributed by atoms with Crippen molar-refractivity contribution >= 4 is 22.5 Å². The lowest BCUT2D eigenvalue weighted by Gasteiger charge is -2.29. The third-order valence-corrected chi connectivity index (χ3v) is 7.41. The van der Waals surface area contributed by atoms with Gasteiger partial charge in [0.05, 0.1) is 24.9 Å². The lowest BCUT2D eigenvalue weighted by molar-refractivity contribution is -0.129. The summed E-state index contributed by atoms with van der Waals surface area (Å²) in [5.74, 6) is 1.11. The number of anilines is 1. The van der Waals surface area contributed by atoms with Gasteiger partial charge in [-0.05, 0) is 24.3 Å². The molecular formula is C26H31N5O3. The predicted molar refractivity (Wildman–Crippen MR) is 130 cm³/mol. The number of aromatic nitrogens is 3. The van der Waals surface area contributed by atoms with Crippen LogP contribution in [-0.2, 0) is 27.2 Å². The SMILES string of the molecule is CC(=O)N1CCc2c(c(-c3cccc4cc(N5CCOCC5)ncc34)nn2C2CCOCC2)C1. The lowest BCUT2D eigenvalue weighted by atomic mass is 9.97. The zero-order chi connectivity index (χ0) is 23.1. The van der Waals surface area contributed by atoms with Gasteiger partial charge in [0.15, 0.2) is 0 Å². The van der Waals surface area contributed by atoms with Crippen LogP contribution in [0, 0.1) is 0 Å². The molecule has 0 radical (unpaired) electrons. The summed E-state index contributed by atoms with van der Waals surface area (Å²) in [6, 6.07) is 8.91. The minimum absolute atomic E-state index is 0.116. The van der Waals surface area contributed by atoms with Crippen molar-refractivity contribution in [3.8, 4) is 11.3 Å². The molecule has 6 rings (SSSR count). The van der Waals surface area contributed by atoms with Gasteiger partial charge in [0.1, 0.15) is 5.82 Å². The van der Waals surface area contributed by atoms with Gasteiger partial charge in [0, 0.05) is 81.1 Å². The first kappa shape index (κ1) is 21.6. The topological polar surface area (TPSA) is 72.7 Å². The van der Waals surface area contributed by atoms with Crippen LogP contribution in [0.15, 0.2) is 30.5 Å². The second kappa shape index (κ2) is 9.00. The average Bonchev–Trinajstić information content (AvgIpc) is 3.28. The number of rotatable bonds is 3. The van der Waals surface area contributed by atoms with E-state index < -0.39 is 0 Å². The number of fused-ring (bicyclic) bond motifs is 2. The first-order valence-corrected chi connectivity index (χ1v) is 12.3. The Labute approximate surface area is 199 Å². The number of morpholine rings is 1. The minimum Gasteiger partial charge on any atom is -0.381 e. The third-order valence-electron chi connectivity index (χ3n) is 7.41. The van der Waals surface area contributed by atoms with Gasteiger partial charge in [0.25, 0.3) is 0 Å². The second-order valence-electron chi connectivity index (χ2n) is 9.42. The first-order valence-electron chi connectivity index (χ1n) is 12.3. The maximum absolute atomic E-state index is 12.2. The maximum atomic E-state index is 12.2. The fourth-order valence-electron chi connectivity index (χ4n) is 5.49. The van der Waals surface area contributed by atoms with Crippen LogP contribution in [0.2, 0.25) is 0 Å². The van der Waals surface area contributed by atoms with Crippen LogP contribution < -0.4 is 4.90 Å². The van der Waals surface area contributed by atoms with Crippen LogP contribution in [0.3, 0.4) is 0 Å². The molecule has 0 spiro atoms. The zero-order valence-electron chi connectivity index (χ0n) is 19.7. The van der Waals surface area contributed by atoms with Crippen molar-refractivity contribution in [1.29, 1.82) is 0 Å². The smallest absolute Gasteiger partial charge is 0.219 e. The van der Waals surface area contributed by atoms with E-state index in [1.807, 2.05) is 11.1 Å². The summed E-state index contributed by atoms with van der Waals surface area (Å²) in [5.41, 5.74) is 4.52. The Morgan fingerprint density at radius 2 is 1.85 bits per heavy atom. The van der Waals surface area contributed by atoms with E-state index in [0.29, 0.717) is 12.6 Å². The molecule has 0 aliphatic carbocycles. The summed E-state index contributed by atoms with van der Waals surface area (Å²) in [4.78, 5) is 21.3. The molecule has 178 valence electrons. The fourth-order valence-corrected chi connectivity index (χ4v) is 5.49. The molecule has 0 atom stereocenters. The number of benzene rings is 1. The fraction of sp³-hybridized carbons (Fsp3) is 0.500. The molecule has 2 fully saturated rings. The number of nitrogens with zero attached hydrogens (tertiary/aromatic N) is 5. The molecule has 2 aromatic heterocycles. The van der Waals surface area contributed by atoms with Gasteiger partial charge < -0.3 is 19.3 Å². The van der Waals surface area contributed by atoms with Gasteiger partial charge in [-0.25, -0.2) is 4.98 Å². The molecule has 0 unspecified atom stereocenters. The summed E-state index contributed by atoms with van der Waals surface area (Å²) in [6.07, 6.45) is 4.78. The van der Waals surface area contributed by atoms with Crippen LogP contribution >= 0.6 is 0 Å². The quantitative estimate of drug-likeness (QED) is 0.597. The van der Waals surface area contributed by atoms with Gasteiger partial charge >= 0.3 is 0 Å². The van der Waals surface area contributed by atoms with Crippen molar-refractivity contribution < 1.29 is 14.3 Å². The van der Waals surface area contributed by atoms with E-state index in [1.165, 1.54) is 11.3 Å². The molecule has 8 heteroatoms. The molecule has 0 bridgehead atoms. The van der Waals surface area contributed by atoms with Crippen molar-refractivity contribution in [2.45, 2.75) is 38.8 Å². The molecule has 1 amide bonds. The van der Waals surface area contributed by atoms with Gasteiger partial charge in [-0.2, -0.15) is 5.10 Å². The first-order chi connectivity index (χ1) is 16.7. The van der Waals surface area contributed by atoms with Crippen LogP contribution in [0.5, 0.6) is 0 Å². The Kier molecular flexibility index (Phi) is 5.71. The van der Waals surface area contributed by atoms with Crippen molar-refractivity contribution in [2.24, 2.45) is 0 Å². The number of hydrogen-bond donors (Lipinski definition) is 0. The van der Waals surface area contributed by atoms with E-state index in [-0.39, 0.29) is 5.91 Å². The molecule has 3 aliphatic heterocycles. The highest BCUT2D eigenvalue weighted by Crippen LogP contribution is 2.37. The monoisotopic (exact) mass is 461 g/mol. The Balaban J connectivity index is 1.45. The van der Waals surface area contributed by atoms with Gasteiger partial charge in [-0.3, -0.25) is 9.48 Å². The van der Waals surface area contributed by atoms with Crippen molar-refractivity contribution in [2.75, 3.05) is 51.0 Å². The zero-order valence-corrected chi connectivity index (χ0v) is 19.7. The predicted octanol–water partition coefficient (Wildman–Crippen LogP) is 3.19. The number of carbonyl (C=O) groups excluding carboxylic acids is 1. The number of amides is 1. The second-order valence-corrected chi connectivity index (χ2v) is 9.42. The van der Waals surface area contributed by atoms with Gasteiger partial charge in [0.2, 0.25) is 5.91 Å². The van der Waals surface area contributed by atoms with Gasteiger partial charge in [-0.1, -0.05) is 18.2 Å². The van der Waals surface area contributed by atoms with E-state index in [0.717, 1.165) is 93.2 Å². The molecule has 34 heavy (non-hydrogen) atoms. The van der Waals surface area contributed by atoms with E-state index in [1.54, 1.807) is 6.92 Å². The Morgan fingerprint density at radius 1 is 1.06 bits per heavy atom. The Bertz CT molecular complexity index is 1210. The highest BCUT2D eigenvalue weighted by molar-refractivity contribution is 5.97. The molecule has 3 aliphatic rings. The highest BCUT2D eigenvalue weighted by Gasteiger charge is 2.30. The Morgan fingerprint density at radius 3 is 2.65 bits per heavy atom. The molecule has 1 aromatic carbocycles. The Hall–Kier alpha value is -2.97. The third kappa shape index (κ3) is 3.84. The number of carbonyl (C=O) groups is 1. The molecule has 3 aromatic rings. The van der Waals surface area contributed by atoms with Crippen LogP contribution in [0.25, 0.3) is 22.0 Å². The van der Waals surface area contributed by atoms with Crippen molar-refractivity contribution in [1.82, 2.24) is 19.7 Å². The molecule has 5 heterocycles. The summed E-state index contributed by atoms with van der Waals surface area (Å²) < 4.78 is 13.4. The van der Waals surface area contributed by atoms with E-state index in [2.05, 4.69) is 33.8 Å². The number of pyridine rings is 1. The number of ether oxygens (including phenoxy) is 2. The normalized spacial score (nSPS) is 19.4. The van der Waals surface area contributed by atoms with Crippen LogP contribution in [0.1, 0.15) is 37.1 Å². The van der Waals surface area contributed by atoms with Crippen molar-refractivity contribution in [3.63, 3.8) is 0 Å². The van der Waals surface area contributed by atoms with E-state index >= 15 is 0 Å². The lowest BCUT2D eigenvalue weighted by Crippen LogP contribution is -2.36. The minimum atomic E-state index is 0.116. The van der Waals surface area contributed by atoms with Crippen molar-refractivity contribution in [3.05, 3.63) is 41.7 Å². The summed E-state index contributed by atoms with van der Waals surface area (Å²) >= 11 is 0. The summed E-state index contributed by atoms with van der Waals surface area (Å²) in [7, 11) is 0. The average molecular weight is 462 g/mol.